The van der Waals surface area contributed by atoms with Crippen LogP contribution in [0.15, 0.2) is 6.20 Å². The Kier molecular flexibility index (Phi) is 3.44. The van der Waals surface area contributed by atoms with Crippen LogP contribution in [0.3, 0.4) is 0 Å². The molecular formula is C11H18N4O. The average Bonchev–Trinajstić information content (AvgIpc) is 2.96. The van der Waals surface area contributed by atoms with Gasteiger partial charge in [0.25, 0.3) is 0 Å². The Morgan fingerprint density at radius 1 is 1.62 bits per heavy atom. The molecule has 1 fully saturated rings. The first-order valence-corrected chi connectivity index (χ1v) is 5.79. The first-order valence-electron chi connectivity index (χ1n) is 5.79. The fourth-order valence-corrected chi connectivity index (χ4v) is 1.57. The number of carbonyl (C=O) groups excluding carboxylic acids is 1. The smallest absolute Gasteiger partial charge is 0.315 e. The van der Waals surface area contributed by atoms with Crippen LogP contribution in [0.5, 0.6) is 0 Å². The van der Waals surface area contributed by atoms with Crippen LogP contribution in [-0.4, -0.2) is 28.8 Å². The third kappa shape index (κ3) is 3.25. The normalized spacial score (nSPS) is 14.8. The summed E-state index contributed by atoms with van der Waals surface area (Å²) in [6.45, 7) is 2.72. The monoisotopic (exact) mass is 222 g/mol. The van der Waals surface area contributed by atoms with Crippen molar-refractivity contribution in [2.75, 3.05) is 6.54 Å². The van der Waals surface area contributed by atoms with Crippen molar-refractivity contribution in [3.8, 4) is 0 Å². The van der Waals surface area contributed by atoms with Gasteiger partial charge < -0.3 is 10.6 Å². The Bertz CT molecular complexity index is 357. The van der Waals surface area contributed by atoms with E-state index in [0.29, 0.717) is 12.6 Å². The molecule has 2 rings (SSSR count). The highest BCUT2D eigenvalue weighted by Crippen LogP contribution is 2.18. The summed E-state index contributed by atoms with van der Waals surface area (Å²) in [6, 6.07) is 0.391. The quantitative estimate of drug-likeness (QED) is 0.653. The van der Waals surface area contributed by atoms with Gasteiger partial charge in [0.05, 0.1) is 6.20 Å². The van der Waals surface area contributed by atoms with Crippen LogP contribution in [0.2, 0.25) is 0 Å². The molecular weight excluding hydrogens is 204 g/mol. The van der Waals surface area contributed by atoms with Gasteiger partial charge in [-0.15, -0.1) is 0 Å². The summed E-state index contributed by atoms with van der Waals surface area (Å²) in [4.78, 5) is 11.3. The van der Waals surface area contributed by atoms with Gasteiger partial charge in [0, 0.05) is 18.3 Å². The van der Waals surface area contributed by atoms with E-state index < -0.39 is 0 Å². The van der Waals surface area contributed by atoms with E-state index in [2.05, 4.69) is 20.8 Å². The van der Waals surface area contributed by atoms with Crippen LogP contribution in [0.25, 0.3) is 0 Å². The van der Waals surface area contributed by atoms with Crippen LogP contribution >= 0.6 is 0 Å². The maximum atomic E-state index is 11.3. The summed E-state index contributed by atoms with van der Waals surface area (Å²) in [7, 11) is 0. The van der Waals surface area contributed by atoms with E-state index in [0.717, 1.165) is 31.4 Å². The van der Waals surface area contributed by atoms with Crippen molar-refractivity contribution in [2.24, 2.45) is 0 Å². The predicted molar refractivity (Wildman–Crippen MR) is 61.2 cm³/mol. The number of aromatic amines is 1. The number of aromatic nitrogens is 2. The first-order chi connectivity index (χ1) is 7.75. The van der Waals surface area contributed by atoms with Crippen LogP contribution in [0.4, 0.5) is 4.79 Å². The number of rotatable bonds is 5. The number of aryl methyl sites for hydroxylation is 2. The average molecular weight is 222 g/mol. The van der Waals surface area contributed by atoms with Crippen molar-refractivity contribution in [1.29, 1.82) is 0 Å². The largest absolute Gasteiger partial charge is 0.338 e. The predicted octanol–water partition coefficient (Wildman–Crippen LogP) is 1.11. The number of hydrogen-bond acceptors (Lipinski definition) is 2. The minimum Gasteiger partial charge on any atom is -0.338 e. The summed E-state index contributed by atoms with van der Waals surface area (Å²) in [5.41, 5.74) is 2.34. The lowest BCUT2D eigenvalue weighted by molar-refractivity contribution is 0.240. The zero-order chi connectivity index (χ0) is 11.4. The van der Waals surface area contributed by atoms with Gasteiger partial charge in [0.15, 0.2) is 0 Å². The van der Waals surface area contributed by atoms with Gasteiger partial charge >= 0.3 is 6.03 Å². The summed E-state index contributed by atoms with van der Waals surface area (Å²) >= 11 is 0. The van der Waals surface area contributed by atoms with E-state index in [1.54, 1.807) is 0 Å². The zero-order valence-electron chi connectivity index (χ0n) is 9.55. The summed E-state index contributed by atoms with van der Waals surface area (Å²) in [5, 5.41) is 12.6. The summed E-state index contributed by atoms with van der Waals surface area (Å²) < 4.78 is 0. The fourth-order valence-electron chi connectivity index (χ4n) is 1.57. The van der Waals surface area contributed by atoms with Crippen LogP contribution in [0.1, 0.15) is 30.5 Å². The van der Waals surface area contributed by atoms with E-state index in [9.17, 15) is 4.79 Å². The molecule has 5 nitrogen and oxygen atoms in total. The number of nitrogens with zero attached hydrogens (tertiary/aromatic N) is 1. The Hall–Kier alpha value is -1.52. The lowest BCUT2D eigenvalue weighted by Gasteiger charge is -2.05. The molecule has 1 aliphatic carbocycles. The van der Waals surface area contributed by atoms with Crippen molar-refractivity contribution in [1.82, 2.24) is 20.8 Å². The molecule has 0 aromatic carbocycles. The Labute approximate surface area is 95.0 Å². The lowest BCUT2D eigenvalue weighted by atomic mass is 10.1. The molecule has 0 aliphatic heterocycles. The second-order valence-electron chi connectivity index (χ2n) is 4.30. The van der Waals surface area contributed by atoms with Crippen molar-refractivity contribution < 1.29 is 4.79 Å². The number of amides is 2. The van der Waals surface area contributed by atoms with Crippen molar-refractivity contribution in [3.05, 3.63) is 17.5 Å². The summed E-state index contributed by atoms with van der Waals surface area (Å²) in [5.74, 6) is 0. The Balaban J connectivity index is 1.57. The fraction of sp³-hybridized carbons (Fsp3) is 0.636. The molecule has 0 unspecified atom stereocenters. The molecule has 0 bridgehead atoms. The molecule has 0 saturated heterocycles. The van der Waals surface area contributed by atoms with Crippen molar-refractivity contribution in [3.63, 3.8) is 0 Å². The number of H-pyrrole nitrogens is 1. The van der Waals surface area contributed by atoms with E-state index >= 15 is 0 Å². The van der Waals surface area contributed by atoms with Gasteiger partial charge in [-0.05, 0) is 38.2 Å². The van der Waals surface area contributed by atoms with Gasteiger partial charge in [0.1, 0.15) is 0 Å². The SMILES string of the molecule is Cc1[nH]ncc1CCCNC(=O)NC1CC1. The third-order valence-electron chi connectivity index (χ3n) is 2.76. The molecule has 1 aromatic rings. The maximum Gasteiger partial charge on any atom is 0.315 e. The van der Waals surface area contributed by atoms with Crippen LogP contribution in [0, 0.1) is 6.92 Å². The van der Waals surface area contributed by atoms with Gasteiger partial charge in [0.2, 0.25) is 0 Å². The maximum absolute atomic E-state index is 11.3. The van der Waals surface area contributed by atoms with Gasteiger partial charge in [-0.3, -0.25) is 5.10 Å². The Morgan fingerprint density at radius 3 is 3.06 bits per heavy atom. The molecule has 0 spiro atoms. The highest BCUT2D eigenvalue weighted by atomic mass is 16.2. The first kappa shape index (κ1) is 11.0. The molecule has 16 heavy (non-hydrogen) atoms. The molecule has 1 aliphatic rings. The van der Waals surface area contributed by atoms with E-state index in [4.69, 9.17) is 0 Å². The minimum atomic E-state index is -0.0357. The van der Waals surface area contributed by atoms with Crippen LogP contribution < -0.4 is 10.6 Å². The molecule has 3 N–H and O–H groups in total. The summed E-state index contributed by atoms with van der Waals surface area (Å²) in [6.07, 6.45) is 5.99. The van der Waals surface area contributed by atoms with Crippen molar-refractivity contribution >= 4 is 6.03 Å². The van der Waals surface area contributed by atoms with E-state index in [1.165, 1.54) is 5.56 Å². The van der Waals surface area contributed by atoms with Crippen LogP contribution in [-0.2, 0) is 6.42 Å². The number of nitrogens with one attached hydrogen (secondary N) is 3. The molecule has 0 radical (unpaired) electrons. The number of urea groups is 1. The molecule has 1 aromatic heterocycles. The third-order valence-corrected chi connectivity index (χ3v) is 2.76. The van der Waals surface area contributed by atoms with Crippen molar-refractivity contribution in [2.45, 2.75) is 38.6 Å². The van der Waals surface area contributed by atoms with E-state index in [1.807, 2.05) is 13.1 Å². The molecule has 5 heteroatoms. The second-order valence-corrected chi connectivity index (χ2v) is 4.30. The molecule has 88 valence electrons. The highest BCUT2D eigenvalue weighted by Gasteiger charge is 2.22. The molecule has 1 heterocycles. The highest BCUT2D eigenvalue weighted by molar-refractivity contribution is 5.74. The number of hydrogen-bond donors (Lipinski definition) is 3. The lowest BCUT2D eigenvalue weighted by Crippen LogP contribution is -2.37. The topological polar surface area (TPSA) is 69.8 Å². The van der Waals surface area contributed by atoms with E-state index in [-0.39, 0.29) is 6.03 Å². The van der Waals surface area contributed by atoms with Gasteiger partial charge in [-0.25, -0.2) is 4.79 Å². The molecule has 1 saturated carbocycles. The Morgan fingerprint density at radius 2 is 2.44 bits per heavy atom. The molecule has 0 atom stereocenters. The minimum absolute atomic E-state index is 0.0357. The van der Waals surface area contributed by atoms with Gasteiger partial charge in [-0.2, -0.15) is 5.10 Å². The second kappa shape index (κ2) is 5.01. The molecule has 2 amide bonds. The standard InChI is InChI=1S/C11H18N4O/c1-8-9(7-13-15-8)3-2-6-12-11(16)14-10-4-5-10/h7,10H,2-6H2,1H3,(H,13,15)(H2,12,14,16). The van der Waals surface area contributed by atoms with Gasteiger partial charge in [-0.1, -0.05) is 0 Å². The zero-order valence-corrected chi connectivity index (χ0v) is 9.55. The number of carbonyl (C=O) groups is 1.